The van der Waals surface area contributed by atoms with Crippen molar-refractivity contribution in [1.82, 2.24) is 0 Å². The summed E-state index contributed by atoms with van der Waals surface area (Å²) in [5.41, 5.74) is 0.925. The lowest BCUT2D eigenvalue weighted by molar-refractivity contribution is 0.00688. The maximum absolute atomic E-state index is 11.7. The molecule has 0 aliphatic heterocycles. The van der Waals surface area contributed by atoms with E-state index < -0.39 is 5.60 Å². The zero-order valence-electron chi connectivity index (χ0n) is 9.43. The minimum atomic E-state index is -0.469. The first-order valence-electron chi connectivity index (χ1n) is 4.79. The van der Waals surface area contributed by atoms with Crippen LogP contribution in [0.3, 0.4) is 0 Å². The number of carbonyl (C=O) groups is 1. The molecule has 0 saturated heterocycles. The van der Waals surface area contributed by atoms with Crippen LogP contribution >= 0.6 is 11.6 Å². The van der Waals surface area contributed by atoms with E-state index in [-0.39, 0.29) is 5.97 Å². The second kappa shape index (κ2) is 4.23. The molecule has 0 saturated carbocycles. The molecular weight excluding hydrogens is 212 g/mol. The van der Waals surface area contributed by atoms with E-state index in [9.17, 15) is 4.79 Å². The molecule has 0 aliphatic carbocycles. The van der Waals surface area contributed by atoms with Gasteiger partial charge >= 0.3 is 5.97 Å². The maximum atomic E-state index is 11.7. The summed E-state index contributed by atoms with van der Waals surface area (Å²) in [6, 6.07) is 5.13. The van der Waals surface area contributed by atoms with Crippen molar-refractivity contribution in [3.63, 3.8) is 0 Å². The Morgan fingerprint density at radius 2 is 1.93 bits per heavy atom. The van der Waals surface area contributed by atoms with Crippen molar-refractivity contribution in [3.05, 3.63) is 34.3 Å². The Morgan fingerprint density at radius 3 is 2.40 bits per heavy atom. The minimum absolute atomic E-state index is 0.309. The Bertz CT molecular complexity index is 378. The Morgan fingerprint density at radius 1 is 1.33 bits per heavy atom. The zero-order valence-corrected chi connectivity index (χ0v) is 10.2. The highest BCUT2D eigenvalue weighted by molar-refractivity contribution is 6.30. The molecule has 0 unspecified atom stereocenters. The Hall–Kier alpha value is -1.02. The van der Waals surface area contributed by atoms with Gasteiger partial charge in [-0.3, -0.25) is 0 Å². The monoisotopic (exact) mass is 226 g/mol. The molecule has 2 nitrogen and oxygen atoms in total. The molecule has 1 aromatic carbocycles. The van der Waals surface area contributed by atoms with Gasteiger partial charge in [0.05, 0.1) is 5.56 Å². The van der Waals surface area contributed by atoms with Gasteiger partial charge in [0.25, 0.3) is 0 Å². The molecule has 0 aromatic heterocycles. The number of carbonyl (C=O) groups excluding carboxylic acids is 1. The zero-order chi connectivity index (χ0) is 11.6. The number of hydrogen-bond acceptors (Lipinski definition) is 2. The standard InChI is InChI=1S/C12H15ClO2/c1-8-7-9(13)5-6-10(8)11(14)15-12(2,3)4/h5-7H,1-4H3. The van der Waals surface area contributed by atoms with Crippen molar-refractivity contribution in [2.75, 3.05) is 0 Å². The van der Waals surface area contributed by atoms with Gasteiger partial charge in [-0.15, -0.1) is 0 Å². The second-order valence-electron chi connectivity index (χ2n) is 4.46. The molecule has 0 fully saturated rings. The molecule has 0 N–H and O–H groups in total. The predicted molar refractivity (Wildman–Crippen MR) is 61.4 cm³/mol. The molecule has 3 heteroatoms. The molecule has 0 spiro atoms. The molecule has 0 atom stereocenters. The van der Waals surface area contributed by atoms with Crippen molar-refractivity contribution < 1.29 is 9.53 Å². The third-order valence-corrected chi connectivity index (χ3v) is 2.04. The fourth-order valence-electron chi connectivity index (χ4n) is 1.19. The summed E-state index contributed by atoms with van der Waals surface area (Å²) in [6.07, 6.45) is 0. The van der Waals surface area contributed by atoms with Crippen molar-refractivity contribution in [2.45, 2.75) is 33.3 Å². The van der Waals surface area contributed by atoms with E-state index in [1.165, 1.54) is 0 Å². The van der Waals surface area contributed by atoms with Crippen LogP contribution in [-0.2, 0) is 4.74 Å². The first-order valence-corrected chi connectivity index (χ1v) is 5.17. The van der Waals surface area contributed by atoms with Crippen LogP contribution in [0, 0.1) is 6.92 Å². The number of ether oxygens (including phenoxy) is 1. The number of rotatable bonds is 1. The van der Waals surface area contributed by atoms with Gasteiger partial charge in [0.1, 0.15) is 5.60 Å². The predicted octanol–water partition coefficient (Wildman–Crippen LogP) is 3.60. The van der Waals surface area contributed by atoms with Gasteiger partial charge in [-0.25, -0.2) is 4.79 Å². The Kier molecular flexibility index (Phi) is 3.40. The maximum Gasteiger partial charge on any atom is 0.338 e. The number of halogens is 1. The summed E-state index contributed by atoms with van der Waals surface area (Å²) in [6.45, 7) is 7.37. The molecular formula is C12H15ClO2. The first-order chi connectivity index (χ1) is 6.79. The smallest absolute Gasteiger partial charge is 0.338 e. The topological polar surface area (TPSA) is 26.3 Å². The van der Waals surface area contributed by atoms with Gasteiger partial charge in [-0.05, 0) is 51.5 Å². The average molecular weight is 227 g/mol. The SMILES string of the molecule is Cc1cc(Cl)ccc1C(=O)OC(C)(C)C. The summed E-state index contributed by atoms with van der Waals surface area (Å²) in [7, 11) is 0. The second-order valence-corrected chi connectivity index (χ2v) is 4.90. The fraction of sp³-hybridized carbons (Fsp3) is 0.417. The highest BCUT2D eigenvalue weighted by Crippen LogP contribution is 2.18. The van der Waals surface area contributed by atoms with E-state index >= 15 is 0 Å². The molecule has 1 aromatic rings. The van der Waals surface area contributed by atoms with Crippen molar-refractivity contribution in [3.8, 4) is 0 Å². The molecule has 0 heterocycles. The van der Waals surface area contributed by atoms with Gasteiger partial charge in [0.2, 0.25) is 0 Å². The van der Waals surface area contributed by atoms with Crippen LogP contribution in [-0.4, -0.2) is 11.6 Å². The molecule has 0 radical (unpaired) electrons. The Labute approximate surface area is 95.2 Å². The normalized spacial score (nSPS) is 11.3. The van der Waals surface area contributed by atoms with Crippen LogP contribution in [0.1, 0.15) is 36.7 Å². The van der Waals surface area contributed by atoms with Gasteiger partial charge in [-0.2, -0.15) is 0 Å². The van der Waals surface area contributed by atoms with E-state index in [0.717, 1.165) is 5.56 Å². The number of esters is 1. The largest absolute Gasteiger partial charge is 0.456 e. The van der Waals surface area contributed by atoms with Crippen LogP contribution in [0.4, 0.5) is 0 Å². The van der Waals surface area contributed by atoms with Crippen LogP contribution < -0.4 is 0 Å². The summed E-state index contributed by atoms with van der Waals surface area (Å²) < 4.78 is 5.26. The average Bonchev–Trinajstić information content (AvgIpc) is 1.99. The Balaban J connectivity index is 2.92. The van der Waals surface area contributed by atoms with Crippen molar-refractivity contribution in [1.29, 1.82) is 0 Å². The van der Waals surface area contributed by atoms with E-state index in [2.05, 4.69) is 0 Å². The number of benzene rings is 1. The van der Waals surface area contributed by atoms with E-state index in [4.69, 9.17) is 16.3 Å². The summed E-state index contributed by atoms with van der Waals surface area (Å²) in [5, 5.41) is 0.625. The summed E-state index contributed by atoms with van der Waals surface area (Å²) in [5.74, 6) is -0.309. The van der Waals surface area contributed by atoms with E-state index in [1.807, 2.05) is 27.7 Å². The van der Waals surface area contributed by atoms with Gasteiger partial charge in [-0.1, -0.05) is 11.6 Å². The molecule has 0 aliphatic rings. The quantitative estimate of drug-likeness (QED) is 0.684. The van der Waals surface area contributed by atoms with Crippen LogP contribution in [0.25, 0.3) is 0 Å². The van der Waals surface area contributed by atoms with E-state index in [0.29, 0.717) is 10.6 Å². The van der Waals surface area contributed by atoms with Crippen LogP contribution in [0.2, 0.25) is 5.02 Å². The van der Waals surface area contributed by atoms with Crippen LogP contribution in [0.15, 0.2) is 18.2 Å². The van der Waals surface area contributed by atoms with Gasteiger partial charge < -0.3 is 4.74 Å². The van der Waals surface area contributed by atoms with Gasteiger partial charge in [0.15, 0.2) is 0 Å². The molecule has 82 valence electrons. The third kappa shape index (κ3) is 3.56. The lowest BCUT2D eigenvalue weighted by atomic mass is 10.1. The minimum Gasteiger partial charge on any atom is -0.456 e. The number of aryl methyl sites for hydroxylation is 1. The summed E-state index contributed by atoms with van der Waals surface area (Å²) in [4.78, 5) is 11.7. The highest BCUT2D eigenvalue weighted by Gasteiger charge is 2.19. The molecule has 0 bridgehead atoms. The molecule has 15 heavy (non-hydrogen) atoms. The summed E-state index contributed by atoms with van der Waals surface area (Å²) >= 11 is 5.80. The van der Waals surface area contributed by atoms with E-state index in [1.54, 1.807) is 18.2 Å². The molecule has 0 amide bonds. The fourth-order valence-corrected chi connectivity index (χ4v) is 1.42. The first kappa shape index (κ1) is 12.1. The van der Waals surface area contributed by atoms with Crippen molar-refractivity contribution >= 4 is 17.6 Å². The van der Waals surface area contributed by atoms with Crippen molar-refractivity contribution in [2.24, 2.45) is 0 Å². The van der Waals surface area contributed by atoms with Crippen LogP contribution in [0.5, 0.6) is 0 Å². The molecule has 1 rings (SSSR count). The van der Waals surface area contributed by atoms with Gasteiger partial charge in [0, 0.05) is 5.02 Å². The lowest BCUT2D eigenvalue weighted by Gasteiger charge is -2.20. The number of hydrogen-bond donors (Lipinski definition) is 0. The third-order valence-electron chi connectivity index (χ3n) is 1.81. The lowest BCUT2D eigenvalue weighted by Crippen LogP contribution is -2.24. The highest BCUT2D eigenvalue weighted by atomic mass is 35.5.